The van der Waals surface area contributed by atoms with Crippen LogP contribution in [0.4, 0.5) is 5.69 Å². The lowest BCUT2D eigenvalue weighted by Crippen LogP contribution is -2.37. The van der Waals surface area contributed by atoms with Gasteiger partial charge in [-0.1, -0.05) is 18.2 Å². The van der Waals surface area contributed by atoms with Crippen LogP contribution in [0.2, 0.25) is 0 Å². The standard InChI is InChI=1S/C18H22N4O2S/c1-24-12-14-4-2-3-5-15(14)21-18(19)20-10-17(23)22-8-6-16-13(11-22)7-9-25-16/h2-5,7,9H,6,8,10-12H2,1H3,(H3,19,20,21). The van der Waals surface area contributed by atoms with E-state index >= 15 is 0 Å². The van der Waals surface area contributed by atoms with Gasteiger partial charge in [0.25, 0.3) is 0 Å². The summed E-state index contributed by atoms with van der Waals surface area (Å²) >= 11 is 1.76. The fourth-order valence-electron chi connectivity index (χ4n) is 2.82. The summed E-state index contributed by atoms with van der Waals surface area (Å²) in [4.78, 5) is 19.8. The van der Waals surface area contributed by atoms with E-state index in [4.69, 9.17) is 10.5 Å². The first-order valence-electron chi connectivity index (χ1n) is 8.14. The Hall–Kier alpha value is -2.38. The second kappa shape index (κ2) is 8.13. The van der Waals surface area contributed by atoms with Crippen LogP contribution in [0.5, 0.6) is 0 Å². The number of hydrogen-bond donors (Lipinski definition) is 2. The molecule has 0 spiro atoms. The van der Waals surface area contributed by atoms with Gasteiger partial charge in [-0.15, -0.1) is 11.3 Å². The molecule has 0 bridgehead atoms. The van der Waals surface area contributed by atoms with Gasteiger partial charge in [-0.2, -0.15) is 0 Å². The molecule has 1 aliphatic heterocycles. The predicted molar refractivity (Wildman–Crippen MR) is 101 cm³/mol. The molecule has 7 heteroatoms. The number of ether oxygens (including phenoxy) is 1. The summed E-state index contributed by atoms with van der Waals surface area (Å²) in [5.74, 6) is 0.219. The highest BCUT2D eigenvalue weighted by molar-refractivity contribution is 7.10. The minimum atomic E-state index is -0.00761. The molecule has 3 rings (SSSR count). The maximum Gasteiger partial charge on any atom is 0.244 e. The van der Waals surface area contributed by atoms with Gasteiger partial charge in [-0.3, -0.25) is 4.79 Å². The number of benzene rings is 1. The van der Waals surface area contributed by atoms with Gasteiger partial charge in [0, 0.05) is 36.3 Å². The molecule has 0 unspecified atom stereocenters. The third kappa shape index (κ3) is 4.37. The SMILES string of the molecule is COCc1ccccc1NC(N)=NCC(=O)N1CCc2sccc2C1. The number of anilines is 1. The number of carbonyl (C=O) groups is 1. The molecule has 3 N–H and O–H groups in total. The Bertz CT molecular complexity index is 772. The van der Waals surface area contributed by atoms with E-state index in [-0.39, 0.29) is 18.4 Å². The molecule has 2 aromatic rings. The number of rotatable bonds is 5. The number of nitrogens with zero attached hydrogens (tertiary/aromatic N) is 2. The maximum absolute atomic E-state index is 12.4. The van der Waals surface area contributed by atoms with Crippen molar-refractivity contribution < 1.29 is 9.53 Å². The summed E-state index contributed by atoms with van der Waals surface area (Å²) in [6.07, 6.45) is 0.917. The molecule has 0 fully saturated rings. The number of guanidine groups is 1. The van der Waals surface area contributed by atoms with E-state index in [1.54, 1.807) is 18.4 Å². The van der Waals surface area contributed by atoms with Crippen molar-refractivity contribution in [2.24, 2.45) is 10.7 Å². The molecule has 0 aliphatic carbocycles. The zero-order valence-electron chi connectivity index (χ0n) is 14.2. The largest absolute Gasteiger partial charge is 0.380 e. The average Bonchev–Trinajstić information content (AvgIpc) is 3.09. The first-order valence-corrected chi connectivity index (χ1v) is 9.02. The van der Waals surface area contributed by atoms with Crippen LogP contribution in [-0.4, -0.2) is 37.0 Å². The molecule has 25 heavy (non-hydrogen) atoms. The van der Waals surface area contributed by atoms with Gasteiger partial charge in [0.1, 0.15) is 6.54 Å². The summed E-state index contributed by atoms with van der Waals surface area (Å²) in [6, 6.07) is 9.79. The first kappa shape index (κ1) is 17.4. The van der Waals surface area contributed by atoms with E-state index in [9.17, 15) is 4.79 Å². The van der Waals surface area contributed by atoms with E-state index in [0.29, 0.717) is 13.2 Å². The Kier molecular flexibility index (Phi) is 5.67. The van der Waals surface area contributed by atoms with Crippen LogP contribution in [-0.2, 0) is 29.1 Å². The summed E-state index contributed by atoms with van der Waals surface area (Å²) in [6.45, 7) is 1.93. The Labute approximate surface area is 151 Å². The highest BCUT2D eigenvalue weighted by Crippen LogP contribution is 2.24. The molecule has 0 atom stereocenters. The molecule has 1 aromatic carbocycles. The number of nitrogens with two attached hydrogens (primary N) is 1. The second-order valence-corrected chi connectivity index (χ2v) is 6.85. The summed E-state index contributed by atoms with van der Waals surface area (Å²) in [5.41, 5.74) is 9.00. The number of hydrogen-bond acceptors (Lipinski definition) is 4. The molecule has 1 aromatic heterocycles. The zero-order chi connectivity index (χ0) is 17.6. The van der Waals surface area contributed by atoms with E-state index in [1.807, 2.05) is 29.2 Å². The lowest BCUT2D eigenvalue weighted by molar-refractivity contribution is -0.130. The smallest absolute Gasteiger partial charge is 0.244 e. The number of thiophene rings is 1. The topological polar surface area (TPSA) is 80.0 Å². The highest BCUT2D eigenvalue weighted by Gasteiger charge is 2.21. The number of nitrogens with one attached hydrogen (secondary N) is 1. The minimum absolute atomic E-state index is 0.00761. The van der Waals surface area contributed by atoms with Gasteiger partial charge in [0.05, 0.1) is 6.61 Å². The van der Waals surface area contributed by atoms with Crippen molar-refractivity contribution in [1.29, 1.82) is 0 Å². The normalized spacial score (nSPS) is 14.3. The van der Waals surface area contributed by atoms with Crippen LogP contribution in [0.25, 0.3) is 0 Å². The first-order chi connectivity index (χ1) is 12.2. The molecule has 132 valence electrons. The van der Waals surface area contributed by atoms with Gasteiger partial charge >= 0.3 is 0 Å². The highest BCUT2D eigenvalue weighted by atomic mass is 32.1. The van der Waals surface area contributed by atoms with Crippen molar-refractivity contribution in [3.05, 3.63) is 51.7 Å². The number of aliphatic imine (C=N–C) groups is 1. The predicted octanol–water partition coefficient (Wildman–Crippen LogP) is 2.21. The summed E-state index contributed by atoms with van der Waals surface area (Å²) in [7, 11) is 1.64. The Balaban J connectivity index is 1.57. The number of carbonyl (C=O) groups excluding carboxylic acids is 1. The van der Waals surface area contributed by atoms with Crippen LogP contribution in [0, 0.1) is 0 Å². The van der Waals surface area contributed by atoms with E-state index < -0.39 is 0 Å². The monoisotopic (exact) mass is 358 g/mol. The third-order valence-corrected chi connectivity index (χ3v) is 5.15. The van der Waals surface area contributed by atoms with Gasteiger partial charge in [-0.05, 0) is 29.5 Å². The van der Waals surface area contributed by atoms with Gasteiger partial charge in [0.15, 0.2) is 5.96 Å². The van der Waals surface area contributed by atoms with Crippen molar-refractivity contribution in [2.45, 2.75) is 19.6 Å². The molecular formula is C18H22N4O2S. The van der Waals surface area contributed by atoms with Crippen molar-refractivity contribution in [3.8, 4) is 0 Å². The lowest BCUT2D eigenvalue weighted by Gasteiger charge is -2.26. The van der Waals surface area contributed by atoms with Gasteiger partial charge < -0.3 is 20.7 Å². The Morgan fingerprint density at radius 1 is 1.40 bits per heavy atom. The van der Waals surface area contributed by atoms with Crippen LogP contribution in [0.1, 0.15) is 16.0 Å². The van der Waals surface area contributed by atoms with Crippen molar-refractivity contribution >= 4 is 28.9 Å². The van der Waals surface area contributed by atoms with Crippen LogP contribution >= 0.6 is 11.3 Å². The summed E-state index contributed by atoms with van der Waals surface area (Å²) < 4.78 is 5.17. The molecule has 1 aliphatic rings. The van der Waals surface area contributed by atoms with E-state index in [2.05, 4.69) is 21.8 Å². The van der Waals surface area contributed by atoms with Crippen molar-refractivity contribution in [1.82, 2.24) is 4.90 Å². The summed E-state index contributed by atoms with van der Waals surface area (Å²) in [5, 5.41) is 5.12. The van der Waals surface area contributed by atoms with Crippen LogP contribution in [0.15, 0.2) is 40.7 Å². The van der Waals surface area contributed by atoms with E-state index in [0.717, 1.165) is 24.2 Å². The number of fused-ring (bicyclic) bond motifs is 1. The van der Waals surface area contributed by atoms with Crippen molar-refractivity contribution in [3.63, 3.8) is 0 Å². The van der Waals surface area contributed by atoms with Crippen LogP contribution in [0.3, 0.4) is 0 Å². The molecule has 0 saturated carbocycles. The van der Waals surface area contributed by atoms with E-state index in [1.165, 1.54) is 10.4 Å². The van der Waals surface area contributed by atoms with Crippen LogP contribution < -0.4 is 11.1 Å². The van der Waals surface area contributed by atoms with Crippen molar-refractivity contribution in [2.75, 3.05) is 25.5 Å². The third-order valence-electron chi connectivity index (χ3n) is 4.12. The quantitative estimate of drug-likeness (QED) is 0.634. The van der Waals surface area contributed by atoms with Gasteiger partial charge in [0.2, 0.25) is 5.91 Å². The average molecular weight is 358 g/mol. The Morgan fingerprint density at radius 3 is 3.08 bits per heavy atom. The molecule has 2 heterocycles. The fraction of sp³-hybridized carbons (Fsp3) is 0.333. The maximum atomic E-state index is 12.4. The second-order valence-electron chi connectivity index (χ2n) is 5.85. The fourth-order valence-corrected chi connectivity index (χ4v) is 3.70. The Morgan fingerprint density at radius 2 is 2.24 bits per heavy atom. The number of para-hydroxylation sites is 1. The molecule has 6 nitrogen and oxygen atoms in total. The number of methoxy groups -OCH3 is 1. The lowest BCUT2D eigenvalue weighted by atomic mass is 10.1. The molecule has 1 amide bonds. The number of amides is 1. The molecule has 0 radical (unpaired) electrons. The zero-order valence-corrected chi connectivity index (χ0v) is 15.0. The minimum Gasteiger partial charge on any atom is -0.380 e. The molecule has 0 saturated heterocycles. The molecular weight excluding hydrogens is 336 g/mol. The van der Waals surface area contributed by atoms with Gasteiger partial charge in [-0.25, -0.2) is 4.99 Å².